The van der Waals surface area contributed by atoms with Crippen LogP contribution in [0.25, 0.3) is 10.2 Å². The van der Waals surface area contributed by atoms with Crippen LogP contribution in [0.4, 0.5) is 0 Å². The number of hydrogen-bond acceptors (Lipinski definition) is 7. The molecule has 29 heavy (non-hydrogen) atoms. The Balaban J connectivity index is 0.00000300. The first-order valence-electron chi connectivity index (χ1n) is 9.46. The van der Waals surface area contributed by atoms with Crippen LogP contribution in [0.3, 0.4) is 0 Å². The zero-order chi connectivity index (χ0) is 19.6. The van der Waals surface area contributed by atoms with E-state index >= 15 is 0 Å². The summed E-state index contributed by atoms with van der Waals surface area (Å²) in [4.78, 5) is 15.5. The predicted octanol–water partition coefficient (Wildman–Crippen LogP) is 4.29. The number of benzene rings is 1. The molecule has 0 aliphatic carbocycles. The van der Waals surface area contributed by atoms with Crippen LogP contribution in [0.5, 0.6) is 5.75 Å². The molecular weight excluding hydrogens is 448 g/mol. The monoisotopic (exact) mass is 474 g/mol. The second kappa shape index (κ2) is 13.3. The van der Waals surface area contributed by atoms with Crippen LogP contribution >= 0.6 is 46.8 Å². The van der Waals surface area contributed by atoms with Crippen molar-refractivity contribution in [1.82, 2.24) is 10.3 Å². The molecule has 0 aliphatic heterocycles. The fraction of sp³-hybridized carbons (Fsp3) is 0.450. The molecule has 1 aromatic carbocycles. The molecule has 3 N–H and O–H groups in total. The quantitative estimate of drug-likeness (QED) is 0.322. The number of phenolic OH excluding ortho intramolecular Hbond substituents is 1. The van der Waals surface area contributed by atoms with Gasteiger partial charge in [-0.15, -0.1) is 23.7 Å². The Morgan fingerprint density at radius 3 is 2.86 bits per heavy atom. The van der Waals surface area contributed by atoms with Crippen molar-refractivity contribution in [2.75, 3.05) is 37.8 Å². The number of thioether (sulfide) groups is 1. The summed E-state index contributed by atoms with van der Waals surface area (Å²) in [6, 6.07) is 7.79. The van der Waals surface area contributed by atoms with E-state index in [9.17, 15) is 9.90 Å². The highest BCUT2D eigenvalue weighted by Crippen LogP contribution is 2.27. The molecule has 2 aromatic heterocycles. The summed E-state index contributed by atoms with van der Waals surface area (Å²) in [7, 11) is 0. The molecule has 0 aliphatic rings. The topological polar surface area (TPSA) is 74.4 Å². The van der Waals surface area contributed by atoms with Gasteiger partial charge in [0.1, 0.15) is 11.3 Å². The van der Waals surface area contributed by atoms with Crippen LogP contribution in [0.1, 0.15) is 16.9 Å². The number of aromatic hydroxyl groups is 1. The summed E-state index contributed by atoms with van der Waals surface area (Å²) in [5.41, 5.74) is 1.65. The molecule has 0 spiro atoms. The first-order chi connectivity index (χ1) is 13.7. The highest BCUT2D eigenvalue weighted by Gasteiger charge is 2.09. The number of hydrogen-bond donors (Lipinski definition) is 3. The number of thiophene rings is 1. The lowest BCUT2D eigenvalue weighted by atomic mass is 10.1. The van der Waals surface area contributed by atoms with E-state index in [0.29, 0.717) is 5.52 Å². The molecular formula is C20H27ClN2O3S3. The summed E-state index contributed by atoms with van der Waals surface area (Å²) >= 11 is 4.89. The van der Waals surface area contributed by atoms with Gasteiger partial charge in [-0.05, 0) is 48.2 Å². The maximum atomic E-state index is 11.5. The lowest BCUT2D eigenvalue weighted by molar-refractivity contribution is 0.139. The molecule has 0 amide bonds. The molecule has 0 radical (unpaired) electrons. The zero-order valence-electron chi connectivity index (χ0n) is 16.1. The minimum Gasteiger partial charge on any atom is -0.506 e. The SMILES string of the molecule is Cl.O=c1[nH]c2c(O)ccc(CCNCCSCCCOCCc3cccs3)c2s1. The Labute approximate surface area is 189 Å². The van der Waals surface area contributed by atoms with E-state index in [1.54, 1.807) is 17.4 Å². The number of ether oxygens (including phenoxy) is 1. The predicted molar refractivity (Wildman–Crippen MR) is 129 cm³/mol. The Hall–Kier alpha value is -1.03. The average molecular weight is 475 g/mol. The third-order valence-corrected chi connectivity index (χ3v) is 7.25. The van der Waals surface area contributed by atoms with Gasteiger partial charge in [-0.3, -0.25) is 4.79 Å². The normalized spacial score (nSPS) is 11.0. The second-order valence-corrected chi connectivity index (χ2v) is 9.61. The van der Waals surface area contributed by atoms with Crippen LogP contribution < -0.4 is 10.2 Å². The summed E-state index contributed by atoms with van der Waals surface area (Å²) in [5.74, 6) is 2.34. The molecule has 0 fully saturated rings. The highest BCUT2D eigenvalue weighted by molar-refractivity contribution is 7.99. The molecule has 2 heterocycles. The molecule has 0 saturated carbocycles. The largest absolute Gasteiger partial charge is 0.506 e. The molecule has 9 heteroatoms. The number of thiazole rings is 1. The van der Waals surface area contributed by atoms with Gasteiger partial charge in [-0.25, -0.2) is 0 Å². The van der Waals surface area contributed by atoms with Crippen molar-refractivity contribution in [2.45, 2.75) is 19.3 Å². The van der Waals surface area contributed by atoms with Gasteiger partial charge >= 0.3 is 4.87 Å². The van der Waals surface area contributed by atoms with Gasteiger partial charge in [0.2, 0.25) is 0 Å². The maximum absolute atomic E-state index is 11.5. The van der Waals surface area contributed by atoms with Gasteiger partial charge in [-0.1, -0.05) is 23.5 Å². The highest BCUT2D eigenvalue weighted by atomic mass is 35.5. The van der Waals surface area contributed by atoms with E-state index in [4.69, 9.17) is 4.74 Å². The summed E-state index contributed by atoms with van der Waals surface area (Å²) in [6.07, 6.45) is 2.95. The van der Waals surface area contributed by atoms with Gasteiger partial charge in [-0.2, -0.15) is 11.8 Å². The first kappa shape index (κ1) is 24.2. The van der Waals surface area contributed by atoms with Crippen molar-refractivity contribution in [3.8, 4) is 5.75 Å². The van der Waals surface area contributed by atoms with E-state index in [1.165, 1.54) is 4.88 Å². The number of halogens is 1. The smallest absolute Gasteiger partial charge is 0.305 e. The van der Waals surface area contributed by atoms with Crippen LogP contribution in [0.2, 0.25) is 0 Å². The number of aromatic nitrogens is 1. The third kappa shape index (κ3) is 7.96. The maximum Gasteiger partial charge on any atom is 0.305 e. The molecule has 3 aromatic rings. The molecule has 0 unspecified atom stereocenters. The molecule has 0 bridgehead atoms. The Morgan fingerprint density at radius 2 is 2.03 bits per heavy atom. The van der Waals surface area contributed by atoms with Crippen molar-refractivity contribution in [2.24, 2.45) is 0 Å². The van der Waals surface area contributed by atoms with Crippen LogP contribution in [-0.2, 0) is 17.6 Å². The van der Waals surface area contributed by atoms with Crippen LogP contribution in [0, 0.1) is 0 Å². The summed E-state index contributed by atoms with van der Waals surface area (Å²) in [6.45, 7) is 3.47. The van der Waals surface area contributed by atoms with Crippen molar-refractivity contribution in [1.29, 1.82) is 0 Å². The molecule has 3 rings (SSSR count). The fourth-order valence-corrected chi connectivity index (χ4v) is 5.26. The zero-order valence-corrected chi connectivity index (χ0v) is 19.4. The van der Waals surface area contributed by atoms with E-state index in [2.05, 4.69) is 27.8 Å². The van der Waals surface area contributed by atoms with E-state index in [1.807, 2.05) is 17.8 Å². The molecule has 5 nitrogen and oxygen atoms in total. The minimum absolute atomic E-state index is 0. The Kier molecular flexibility index (Phi) is 11.1. The van der Waals surface area contributed by atoms with Crippen molar-refractivity contribution in [3.05, 3.63) is 49.8 Å². The number of aromatic amines is 1. The lowest BCUT2D eigenvalue weighted by Crippen LogP contribution is -2.20. The number of fused-ring (bicyclic) bond motifs is 1. The van der Waals surface area contributed by atoms with Gasteiger partial charge < -0.3 is 20.1 Å². The van der Waals surface area contributed by atoms with Crippen molar-refractivity contribution < 1.29 is 9.84 Å². The first-order valence-corrected chi connectivity index (χ1v) is 12.3. The Bertz CT molecular complexity index is 896. The van der Waals surface area contributed by atoms with E-state index in [-0.39, 0.29) is 23.0 Å². The fourth-order valence-electron chi connectivity index (χ4n) is 2.86. The van der Waals surface area contributed by atoms with Crippen LogP contribution in [-0.4, -0.2) is 47.9 Å². The minimum atomic E-state index is -0.127. The van der Waals surface area contributed by atoms with Crippen molar-refractivity contribution in [3.63, 3.8) is 0 Å². The molecule has 0 atom stereocenters. The number of phenols is 1. The Morgan fingerprint density at radius 1 is 1.14 bits per heavy atom. The second-order valence-electron chi connectivity index (χ2n) is 6.37. The van der Waals surface area contributed by atoms with E-state index < -0.39 is 0 Å². The number of rotatable bonds is 13. The average Bonchev–Trinajstić information content (AvgIpc) is 3.34. The van der Waals surface area contributed by atoms with Gasteiger partial charge in [0.05, 0.1) is 11.3 Å². The summed E-state index contributed by atoms with van der Waals surface area (Å²) in [5, 5.41) is 15.4. The van der Waals surface area contributed by atoms with Gasteiger partial charge in [0.25, 0.3) is 0 Å². The van der Waals surface area contributed by atoms with Crippen molar-refractivity contribution >= 4 is 57.1 Å². The summed E-state index contributed by atoms with van der Waals surface area (Å²) < 4.78 is 6.54. The molecule has 160 valence electrons. The van der Waals surface area contributed by atoms with Crippen LogP contribution in [0.15, 0.2) is 34.4 Å². The number of nitrogens with one attached hydrogen (secondary N) is 2. The lowest BCUT2D eigenvalue weighted by Gasteiger charge is -2.07. The van der Waals surface area contributed by atoms with Gasteiger partial charge in [0.15, 0.2) is 0 Å². The van der Waals surface area contributed by atoms with Gasteiger partial charge in [0, 0.05) is 30.2 Å². The third-order valence-electron chi connectivity index (χ3n) is 4.28. The standard InChI is InChI=1S/C20H26N2O3S3.ClH/c23-17-5-4-15(19-18(17)22-20(24)28-19)6-8-21-9-14-26-12-2-10-25-11-7-16-3-1-13-27-16;/h1,3-5,13,21,23H,2,6-12,14H2,(H,22,24);1H. The molecule has 0 saturated heterocycles. The number of H-pyrrole nitrogens is 1. The van der Waals surface area contributed by atoms with E-state index in [0.717, 1.165) is 78.7 Å².